The molecule has 1 unspecified atom stereocenters. The third kappa shape index (κ3) is 3.98. The van der Waals surface area contributed by atoms with E-state index in [1.54, 1.807) is 0 Å². The molecule has 0 aliphatic carbocycles. The number of carbonyl (C=O) groups excluding carboxylic acids is 1. The van der Waals surface area contributed by atoms with Gasteiger partial charge in [0.15, 0.2) is 0 Å². The van der Waals surface area contributed by atoms with E-state index < -0.39 is 0 Å². The van der Waals surface area contributed by atoms with Crippen molar-refractivity contribution in [2.75, 3.05) is 19.8 Å². The van der Waals surface area contributed by atoms with Gasteiger partial charge in [-0.3, -0.25) is 9.48 Å². The molecule has 150 valence electrons. The fraction of sp³-hybridized carbons (Fsp3) is 0.545. The van der Waals surface area contributed by atoms with Crippen LogP contribution in [0.1, 0.15) is 54.7 Å². The molecule has 0 radical (unpaired) electrons. The van der Waals surface area contributed by atoms with Gasteiger partial charge in [0.25, 0.3) is 0 Å². The number of amides is 1. The maximum atomic E-state index is 13.0. The summed E-state index contributed by atoms with van der Waals surface area (Å²) < 4.78 is 13.5. The molecular formula is C22H29N3O3. The van der Waals surface area contributed by atoms with Crippen molar-refractivity contribution in [3.05, 3.63) is 52.8 Å². The van der Waals surface area contributed by atoms with Gasteiger partial charge in [0.05, 0.1) is 31.6 Å². The fourth-order valence-electron chi connectivity index (χ4n) is 4.29. The summed E-state index contributed by atoms with van der Waals surface area (Å²) in [5, 5.41) is 4.90. The van der Waals surface area contributed by atoms with Gasteiger partial charge in [0.1, 0.15) is 6.61 Å². The summed E-state index contributed by atoms with van der Waals surface area (Å²) in [5.41, 5.74) is 4.59. The maximum Gasteiger partial charge on any atom is 0.249 e. The summed E-state index contributed by atoms with van der Waals surface area (Å²) in [5.74, 6) is 0.0529. The second-order valence-corrected chi connectivity index (χ2v) is 7.51. The van der Waals surface area contributed by atoms with Gasteiger partial charge < -0.3 is 14.4 Å². The van der Waals surface area contributed by atoms with Crippen LogP contribution in [0.25, 0.3) is 0 Å². The highest BCUT2D eigenvalue weighted by molar-refractivity contribution is 5.78. The number of nitrogens with zero attached hydrogens (tertiary/aromatic N) is 3. The Labute approximate surface area is 166 Å². The van der Waals surface area contributed by atoms with E-state index in [1.165, 1.54) is 11.3 Å². The number of fused-ring (bicyclic) bond motifs is 1. The first kappa shape index (κ1) is 19.2. The Morgan fingerprint density at radius 2 is 2.14 bits per heavy atom. The standard InChI is InChI=1S/C22H29N3O3/c1-2-25-19-11-13-27-15-18(19)22(23-25)20-10-6-7-12-24(20)21(26)16-28-14-17-8-4-3-5-9-17/h3-5,8-9,20H,2,6-7,10-16H2,1H3. The average Bonchev–Trinajstić information content (AvgIpc) is 3.13. The Kier molecular flexibility index (Phi) is 6.07. The van der Waals surface area contributed by atoms with E-state index in [0.29, 0.717) is 13.2 Å². The van der Waals surface area contributed by atoms with Gasteiger partial charge >= 0.3 is 0 Å². The zero-order valence-electron chi connectivity index (χ0n) is 16.6. The number of aromatic nitrogens is 2. The molecule has 1 atom stereocenters. The lowest BCUT2D eigenvalue weighted by atomic mass is 9.95. The van der Waals surface area contributed by atoms with E-state index in [-0.39, 0.29) is 18.6 Å². The lowest BCUT2D eigenvalue weighted by Crippen LogP contribution is -2.41. The molecule has 2 aliphatic heterocycles. The molecular weight excluding hydrogens is 354 g/mol. The van der Waals surface area contributed by atoms with Crippen LogP contribution in [0.15, 0.2) is 30.3 Å². The minimum absolute atomic E-state index is 0.0322. The second kappa shape index (κ2) is 8.88. The number of likely N-dealkylation sites (tertiary alicyclic amines) is 1. The first-order valence-electron chi connectivity index (χ1n) is 10.3. The molecule has 28 heavy (non-hydrogen) atoms. The third-order valence-corrected chi connectivity index (χ3v) is 5.70. The lowest BCUT2D eigenvalue weighted by molar-refractivity contribution is -0.140. The van der Waals surface area contributed by atoms with Gasteiger partial charge in [-0.15, -0.1) is 0 Å². The summed E-state index contributed by atoms with van der Waals surface area (Å²) in [4.78, 5) is 14.9. The summed E-state index contributed by atoms with van der Waals surface area (Å²) in [6.45, 7) is 5.66. The van der Waals surface area contributed by atoms with Gasteiger partial charge in [-0.25, -0.2) is 0 Å². The van der Waals surface area contributed by atoms with Gasteiger partial charge in [0, 0.05) is 30.8 Å². The fourth-order valence-corrected chi connectivity index (χ4v) is 4.29. The third-order valence-electron chi connectivity index (χ3n) is 5.70. The number of benzene rings is 1. The zero-order valence-corrected chi connectivity index (χ0v) is 16.6. The van der Waals surface area contributed by atoms with Crippen LogP contribution in [0.4, 0.5) is 0 Å². The Balaban J connectivity index is 1.47. The summed E-state index contributed by atoms with van der Waals surface area (Å²) in [6, 6.07) is 10.00. The molecule has 1 amide bonds. The van der Waals surface area contributed by atoms with Crippen LogP contribution in [-0.4, -0.2) is 40.3 Å². The highest BCUT2D eigenvalue weighted by atomic mass is 16.5. The van der Waals surface area contributed by atoms with Gasteiger partial charge in [0.2, 0.25) is 5.91 Å². The van der Waals surface area contributed by atoms with Crippen LogP contribution in [-0.2, 0) is 40.4 Å². The van der Waals surface area contributed by atoms with E-state index in [1.807, 2.05) is 35.2 Å². The largest absolute Gasteiger partial charge is 0.376 e. The molecule has 2 aromatic rings. The summed E-state index contributed by atoms with van der Waals surface area (Å²) in [7, 11) is 0. The van der Waals surface area contributed by atoms with E-state index in [0.717, 1.165) is 56.6 Å². The van der Waals surface area contributed by atoms with Crippen molar-refractivity contribution in [2.45, 2.75) is 58.4 Å². The van der Waals surface area contributed by atoms with E-state index >= 15 is 0 Å². The van der Waals surface area contributed by atoms with E-state index in [4.69, 9.17) is 14.6 Å². The Bertz CT molecular complexity index is 803. The normalized spacial score (nSPS) is 19.5. The number of piperidine rings is 1. The Morgan fingerprint density at radius 3 is 2.96 bits per heavy atom. The molecule has 1 aromatic heterocycles. The van der Waals surface area contributed by atoms with Gasteiger partial charge in [-0.1, -0.05) is 30.3 Å². The van der Waals surface area contributed by atoms with Gasteiger partial charge in [-0.2, -0.15) is 5.10 Å². The number of ether oxygens (including phenoxy) is 2. The molecule has 3 heterocycles. The minimum Gasteiger partial charge on any atom is -0.376 e. The Hall–Kier alpha value is -2.18. The number of hydrogen-bond acceptors (Lipinski definition) is 4. The predicted molar refractivity (Wildman–Crippen MR) is 106 cm³/mol. The van der Waals surface area contributed by atoms with Crippen LogP contribution < -0.4 is 0 Å². The quantitative estimate of drug-likeness (QED) is 0.768. The predicted octanol–water partition coefficient (Wildman–Crippen LogP) is 3.25. The topological polar surface area (TPSA) is 56.6 Å². The molecule has 0 saturated carbocycles. The van der Waals surface area contributed by atoms with Crippen LogP contribution in [0.3, 0.4) is 0 Å². The highest BCUT2D eigenvalue weighted by Gasteiger charge is 2.33. The van der Waals surface area contributed by atoms with Crippen LogP contribution in [0.5, 0.6) is 0 Å². The molecule has 1 fully saturated rings. The van der Waals surface area contributed by atoms with Gasteiger partial charge in [-0.05, 0) is 31.7 Å². The van der Waals surface area contributed by atoms with Crippen molar-refractivity contribution in [1.82, 2.24) is 14.7 Å². The lowest BCUT2D eigenvalue weighted by Gasteiger charge is -2.35. The van der Waals surface area contributed by atoms with Crippen LogP contribution >= 0.6 is 0 Å². The smallest absolute Gasteiger partial charge is 0.249 e. The zero-order chi connectivity index (χ0) is 19.3. The van der Waals surface area contributed by atoms with Crippen molar-refractivity contribution in [2.24, 2.45) is 0 Å². The van der Waals surface area contributed by atoms with Crippen molar-refractivity contribution < 1.29 is 14.3 Å². The van der Waals surface area contributed by atoms with Crippen molar-refractivity contribution in [3.63, 3.8) is 0 Å². The molecule has 0 N–H and O–H groups in total. The molecule has 0 spiro atoms. The number of carbonyl (C=O) groups is 1. The summed E-state index contributed by atoms with van der Waals surface area (Å²) in [6.07, 6.45) is 4.01. The molecule has 6 nitrogen and oxygen atoms in total. The second-order valence-electron chi connectivity index (χ2n) is 7.51. The molecule has 2 aliphatic rings. The number of aryl methyl sites for hydroxylation is 1. The molecule has 0 bridgehead atoms. The van der Waals surface area contributed by atoms with Crippen molar-refractivity contribution >= 4 is 5.91 Å². The van der Waals surface area contributed by atoms with Crippen LogP contribution in [0, 0.1) is 0 Å². The van der Waals surface area contributed by atoms with E-state index in [9.17, 15) is 4.79 Å². The average molecular weight is 383 g/mol. The minimum atomic E-state index is 0.0322. The highest BCUT2D eigenvalue weighted by Crippen LogP contribution is 2.35. The van der Waals surface area contributed by atoms with Crippen molar-refractivity contribution in [3.8, 4) is 0 Å². The molecule has 1 aromatic carbocycles. The monoisotopic (exact) mass is 383 g/mol. The Morgan fingerprint density at radius 1 is 1.29 bits per heavy atom. The molecule has 4 rings (SSSR count). The maximum absolute atomic E-state index is 13.0. The SMILES string of the molecule is CCn1nc(C2CCCCN2C(=O)COCc2ccccc2)c2c1CCOC2. The number of hydrogen-bond donors (Lipinski definition) is 0. The van der Waals surface area contributed by atoms with Crippen molar-refractivity contribution in [1.29, 1.82) is 0 Å². The van der Waals surface area contributed by atoms with Crippen LogP contribution in [0.2, 0.25) is 0 Å². The number of rotatable bonds is 6. The van der Waals surface area contributed by atoms with E-state index in [2.05, 4.69) is 11.6 Å². The first-order chi connectivity index (χ1) is 13.8. The molecule has 1 saturated heterocycles. The summed E-state index contributed by atoms with van der Waals surface area (Å²) >= 11 is 0. The first-order valence-corrected chi connectivity index (χ1v) is 10.3. The molecule has 6 heteroatoms.